The van der Waals surface area contributed by atoms with Crippen molar-refractivity contribution in [1.82, 2.24) is 9.80 Å². The van der Waals surface area contributed by atoms with E-state index < -0.39 is 0 Å². The van der Waals surface area contributed by atoms with E-state index in [2.05, 4.69) is 40.1 Å². The highest BCUT2D eigenvalue weighted by Crippen LogP contribution is 2.27. The molecule has 0 aliphatic carbocycles. The van der Waals surface area contributed by atoms with Crippen LogP contribution >= 0.6 is 0 Å². The van der Waals surface area contributed by atoms with Gasteiger partial charge in [-0.1, -0.05) is 60.7 Å². The highest BCUT2D eigenvalue weighted by atomic mass is 16.2. The summed E-state index contributed by atoms with van der Waals surface area (Å²) >= 11 is 0. The average molecular weight is 439 g/mol. The Hall–Kier alpha value is -3.62. The molecule has 0 radical (unpaired) electrons. The molecule has 1 saturated heterocycles. The van der Waals surface area contributed by atoms with Crippen molar-refractivity contribution in [2.45, 2.75) is 12.5 Å². The van der Waals surface area contributed by atoms with Gasteiger partial charge in [0.1, 0.15) is 0 Å². The summed E-state index contributed by atoms with van der Waals surface area (Å²) in [6.07, 6.45) is 0.998. The molecule has 0 atom stereocenters. The van der Waals surface area contributed by atoms with Gasteiger partial charge in [-0.25, -0.2) is 0 Å². The van der Waals surface area contributed by atoms with E-state index in [9.17, 15) is 4.79 Å². The van der Waals surface area contributed by atoms with Crippen molar-refractivity contribution < 1.29 is 4.79 Å². The first kappa shape index (κ1) is 22.6. The van der Waals surface area contributed by atoms with E-state index in [1.165, 1.54) is 0 Å². The van der Waals surface area contributed by atoms with Gasteiger partial charge < -0.3 is 9.80 Å². The summed E-state index contributed by atoms with van der Waals surface area (Å²) in [5.41, 5.74) is 4.03. The number of rotatable bonds is 6. The first-order valence-electron chi connectivity index (χ1n) is 11.5. The van der Waals surface area contributed by atoms with Gasteiger partial charge in [0.15, 0.2) is 0 Å². The van der Waals surface area contributed by atoms with Crippen molar-refractivity contribution in [2.24, 2.45) is 0 Å². The summed E-state index contributed by atoms with van der Waals surface area (Å²) < 4.78 is 0. The maximum atomic E-state index is 13.4. The molecule has 1 fully saturated rings. The second kappa shape index (κ2) is 10.8. The summed E-state index contributed by atoms with van der Waals surface area (Å²) in [6.45, 7) is 3.95. The summed E-state index contributed by atoms with van der Waals surface area (Å²) in [4.78, 5) is 19.9. The minimum Gasteiger partial charge on any atom is -0.370 e. The minimum absolute atomic E-state index is 0.109. The molecule has 0 spiro atoms. The van der Waals surface area contributed by atoms with Crippen molar-refractivity contribution in [3.05, 3.63) is 102 Å². The Morgan fingerprint density at radius 2 is 1.48 bits per heavy atom. The Kier molecular flexibility index (Phi) is 7.39. The van der Waals surface area contributed by atoms with Gasteiger partial charge in [-0.15, -0.1) is 0 Å². The lowest BCUT2D eigenvalue weighted by Gasteiger charge is -2.31. The lowest BCUT2D eigenvalue weighted by Crippen LogP contribution is -2.41. The van der Waals surface area contributed by atoms with Gasteiger partial charge in [0.25, 0.3) is 0 Å². The number of hydrogen-bond acceptors (Lipinski definition) is 4. The second-order valence-corrected chi connectivity index (χ2v) is 8.50. The SMILES string of the molecule is CN(C(=O)CN1CCCN(c2ccc(C#N)cc2)CC1)C(c1ccccc1)c1ccccc1. The van der Waals surface area contributed by atoms with Gasteiger partial charge in [0, 0.05) is 38.9 Å². The first-order chi connectivity index (χ1) is 16.2. The topological polar surface area (TPSA) is 50.6 Å². The van der Waals surface area contributed by atoms with Crippen LogP contribution in [0, 0.1) is 11.3 Å². The fourth-order valence-electron chi connectivity index (χ4n) is 4.49. The van der Waals surface area contributed by atoms with E-state index >= 15 is 0 Å². The molecule has 3 aromatic carbocycles. The second-order valence-electron chi connectivity index (χ2n) is 8.50. The van der Waals surface area contributed by atoms with Crippen LogP contribution in [-0.4, -0.2) is 55.5 Å². The third-order valence-corrected chi connectivity index (χ3v) is 6.32. The van der Waals surface area contributed by atoms with Gasteiger partial charge in [-0.05, 0) is 41.8 Å². The third-order valence-electron chi connectivity index (χ3n) is 6.32. The molecule has 1 aliphatic heterocycles. The number of carbonyl (C=O) groups excluding carboxylic acids is 1. The maximum Gasteiger partial charge on any atom is 0.237 e. The molecular weight excluding hydrogens is 408 g/mol. The highest BCUT2D eigenvalue weighted by molar-refractivity contribution is 5.79. The number of amides is 1. The summed E-state index contributed by atoms with van der Waals surface area (Å²) in [5.74, 6) is 0.125. The fraction of sp³-hybridized carbons (Fsp3) is 0.286. The standard InChI is InChI=1S/C28H30N4O/c1-30(28(24-9-4-2-5-10-24)25-11-6-3-7-12-25)27(33)22-31-17-8-18-32(20-19-31)26-15-13-23(21-29)14-16-26/h2-7,9-16,28H,8,17-20,22H2,1H3. The largest absolute Gasteiger partial charge is 0.370 e. The van der Waals surface area contributed by atoms with Gasteiger partial charge in [0.2, 0.25) is 5.91 Å². The monoisotopic (exact) mass is 438 g/mol. The van der Waals surface area contributed by atoms with Crippen LogP contribution in [0.2, 0.25) is 0 Å². The summed E-state index contributed by atoms with van der Waals surface area (Å²) in [7, 11) is 1.91. The highest BCUT2D eigenvalue weighted by Gasteiger charge is 2.25. The van der Waals surface area contributed by atoms with Crippen LogP contribution in [0.25, 0.3) is 0 Å². The number of carbonyl (C=O) groups is 1. The quantitative estimate of drug-likeness (QED) is 0.575. The van der Waals surface area contributed by atoms with E-state index in [0.717, 1.165) is 49.4 Å². The molecule has 0 bridgehead atoms. The molecule has 1 heterocycles. The van der Waals surface area contributed by atoms with Gasteiger partial charge in [-0.3, -0.25) is 9.69 Å². The van der Waals surface area contributed by atoms with Crippen molar-refractivity contribution >= 4 is 11.6 Å². The number of likely N-dealkylation sites (N-methyl/N-ethyl adjacent to an activating group) is 1. The van der Waals surface area contributed by atoms with E-state index in [1.807, 2.05) is 72.6 Å². The summed E-state index contributed by atoms with van der Waals surface area (Å²) in [5, 5.41) is 9.03. The average Bonchev–Trinajstić information content (AvgIpc) is 3.11. The van der Waals surface area contributed by atoms with Crippen LogP contribution < -0.4 is 4.90 Å². The van der Waals surface area contributed by atoms with Crippen LogP contribution in [0.15, 0.2) is 84.9 Å². The van der Waals surface area contributed by atoms with E-state index in [4.69, 9.17) is 5.26 Å². The number of benzene rings is 3. The van der Waals surface area contributed by atoms with Crippen LogP contribution in [0.1, 0.15) is 29.2 Å². The van der Waals surface area contributed by atoms with Crippen LogP contribution in [0.3, 0.4) is 0 Å². The Balaban J connectivity index is 1.42. The molecule has 168 valence electrons. The van der Waals surface area contributed by atoms with E-state index in [-0.39, 0.29) is 11.9 Å². The predicted octanol–water partition coefficient (Wildman–Crippen LogP) is 4.32. The molecule has 1 amide bonds. The molecule has 4 rings (SSSR count). The molecule has 0 N–H and O–H groups in total. The minimum atomic E-state index is -0.109. The lowest BCUT2D eigenvalue weighted by atomic mass is 9.97. The predicted molar refractivity (Wildman–Crippen MR) is 132 cm³/mol. The van der Waals surface area contributed by atoms with Crippen LogP contribution in [0.5, 0.6) is 0 Å². The zero-order valence-corrected chi connectivity index (χ0v) is 19.1. The zero-order chi connectivity index (χ0) is 23.0. The lowest BCUT2D eigenvalue weighted by molar-refractivity contribution is -0.132. The van der Waals surface area contributed by atoms with Crippen molar-refractivity contribution in [2.75, 3.05) is 44.7 Å². The number of anilines is 1. The Morgan fingerprint density at radius 3 is 2.06 bits per heavy atom. The molecular formula is C28H30N4O. The van der Waals surface area contributed by atoms with Crippen LogP contribution in [-0.2, 0) is 4.79 Å². The van der Waals surface area contributed by atoms with Gasteiger partial charge >= 0.3 is 0 Å². The molecule has 1 aliphatic rings. The first-order valence-corrected chi connectivity index (χ1v) is 11.5. The number of hydrogen-bond donors (Lipinski definition) is 0. The molecule has 0 saturated carbocycles. The van der Waals surface area contributed by atoms with Crippen molar-refractivity contribution in [3.63, 3.8) is 0 Å². The van der Waals surface area contributed by atoms with Crippen molar-refractivity contribution in [3.8, 4) is 6.07 Å². The molecule has 0 unspecified atom stereocenters. The fourth-order valence-corrected chi connectivity index (χ4v) is 4.49. The molecule has 5 heteroatoms. The zero-order valence-electron chi connectivity index (χ0n) is 19.1. The molecule has 5 nitrogen and oxygen atoms in total. The number of nitriles is 1. The third kappa shape index (κ3) is 5.60. The smallest absolute Gasteiger partial charge is 0.237 e. The number of nitrogens with zero attached hydrogens (tertiary/aromatic N) is 4. The van der Waals surface area contributed by atoms with Gasteiger partial charge in [-0.2, -0.15) is 5.26 Å². The van der Waals surface area contributed by atoms with Gasteiger partial charge in [0.05, 0.1) is 24.2 Å². The Labute approximate surface area is 196 Å². The Bertz CT molecular complexity index is 1040. The van der Waals surface area contributed by atoms with E-state index in [0.29, 0.717) is 12.1 Å². The molecule has 33 heavy (non-hydrogen) atoms. The van der Waals surface area contributed by atoms with Crippen molar-refractivity contribution in [1.29, 1.82) is 5.26 Å². The Morgan fingerprint density at radius 1 is 0.879 bits per heavy atom. The van der Waals surface area contributed by atoms with E-state index in [1.54, 1.807) is 0 Å². The molecule has 0 aromatic heterocycles. The van der Waals surface area contributed by atoms with Crippen LogP contribution in [0.4, 0.5) is 5.69 Å². The normalized spacial score (nSPS) is 14.5. The summed E-state index contributed by atoms with van der Waals surface area (Å²) in [6, 6.07) is 30.3. The molecule has 3 aromatic rings. The maximum absolute atomic E-state index is 13.4.